The maximum atomic E-state index is 5.44. The Morgan fingerprint density at radius 1 is 1.05 bits per heavy atom. The molecule has 1 N–H and O–H groups in total. The topological polar surface area (TPSA) is 28.4 Å². The largest absolute Gasteiger partial charge is 0.468 e. The van der Waals surface area contributed by atoms with Crippen molar-refractivity contribution in [2.24, 2.45) is 0 Å². The lowest BCUT2D eigenvalue weighted by Crippen LogP contribution is -2.22. The van der Waals surface area contributed by atoms with E-state index in [0.29, 0.717) is 0 Å². The second-order valence-electron chi connectivity index (χ2n) is 5.38. The number of hydrogen-bond acceptors (Lipinski definition) is 3. The molecule has 1 aromatic heterocycles. The highest BCUT2D eigenvalue weighted by atomic mass is 16.3. The summed E-state index contributed by atoms with van der Waals surface area (Å²) in [6.45, 7) is 9.24. The molecule has 2 rings (SSSR count). The van der Waals surface area contributed by atoms with Crippen LogP contribution in [0.1, 0.15) is 37.2 Å². The summed E-state index contributed by atoms with van der Waals surface area (Å²) in [5, 5.41) is 3.45. The minimum atomic E-state index is 0.863. The monoisotopic (exact) mass is 286 g/mol. The Balaban J connectivity index is 1.92. The average molecular weight is 286 g/mol. The lowest BCUT2D eigenvalue weighted by atomic mass is 10.1. The van der Waals surface area contributed by atoms with E-state index in [9.17, 15) is 0 Å². The molecule has 3 nitrogen and oxygen atoms in total. The van der Waals surface area contributed by atoms with E-state index in [1.807, 2.05) is 12.1 Å². The molecule has 2 aromatic rings. The molecule has 0 bridgehead atoms. The number of nitrogens with one attached hydrogen (secondary N) is 1. The summed E-state index contributed by atoms with van der Waals surface area (Å²) < 4.78 is 5.44. The molecule has 0 aliphatic rings. The molecule has 0 unspecified atom stereocenters. The molecular formula is C18H26N2O. The molecule has 0 spiro atoms. The van der Waals surface area contributed by atoms with Crippen molar-refractivity contribution in [2.45, 2.75) is 39.9 Å². The first kappa shape index (κ1) is 15.8. The van der Waals surface area contributed by atoms with Crippen LogP contribution in [0.15, 0.2) is 47.1 Å². The van der Waals surface area contributed by atoms with Crippen molar-refractivity contribution in [1.29, 1.82) is 0 Å². The quantitative estimate of drug-likeness (QED) is 0.711. The predicted molar refractivity (Wildman–Crippen MR) is 86.9 cm³/mol. The molecule has 3 heteroatoms. The molecule has 21 heavy (non-hydrogen) atoms. The highest BCUT2D eigenvalue weighted by Gasteiger charge is 2.07. The van der Waals surface area contributed by atoms with Crippen LogP contribution >= 0.6 is 0 Å². The van der Waals surface area contributed by atoms with Gasteiger partial charge in [-0.2, -0.15) is 0 Å². The van der Waals surface area contributed by atoms with Crippen LogP contribution in [0.3, 0.4) is 0 Å². The molecule has 0 aliphatic heterocycles. The van der Waals surface area contributed by atoms with Crippen molar-refractivity contribution in [3.63, 3.8) is 0 Å². The van der Waals surface area contributed by atoms with Crippen LogP contribution in [-0.4, -0.2) is 18.0 Å². The van der Waals surface area contributed by atoms with Crippen molar-refractivity contribution < 1.29 is 4.42 Å². The van der Waals surface area contributed by atoms with Gasteiger partial charge in [-0.3, -0.25) is 4.90 Å². The summed E-state index contributed by atoms with van der Waals surface area (Å²) in [6, 6.07) is 12.8. The molecule has 1 heterocycles. The Hall–Kier alpha value is -1.58. The Bertz CT molecular complexity index is 508. The van der Waals surface area contributed by atoms with E-state index in [-0.39, 0.29) is 0 Å². The third kappa shape index (κ3) is 5.37. The minimum Gasteiger partial charge on any atom is -0.468 e. The Labute approximate surface area is 128 Å². The Kier molecular flexibility index (Phi) is 6.51. The van der Waals surface area contributed by atoms with Crippen molar-refractivity contribution in [3.05, 3.63) is 59.5 Å². The zero-order chi connectivity index (χ0) is 14.9. The van der Waals surface area contributed by atoms with E-state index in [0.717, 1.165) is 38.5 Å². The third-order valence-electron chi connectivity index (χ3n) is 3.56. The van der Waals surface area contributed by atoms with E-state index in [1.54, 1.807) is 6.26 Å². The first-order valence-corrected chi connectivity index (χ1v) is 7.85. The van der Waals surface area contributed by atoms with Crippen LogP contribution in [0.2, 0.25) is 0 Å². The molecule has 0 amide bonds. The second-order valence-corrected chi connectivity index (χ2v) is 5.38. The van der Waals surface area contributed by atoms with E-state index in [1.165, 1.54) is 17.5 Å². The zero-order valence-corrected chi connectivity index (χ0v) is 13.1. The van der Waals surface area contributed by atoms with Crippen LogP contribution in [-0.2, 0) is 19.6 Å². The van der Waals surface area contributed by atoms with Crippen LogP contribution in [0.25, 0.3) is 0 Å². The van der Waals surface area contributed by atoms with Crippen molar-refractivity contribution >= 4 is 0 Å². The normalized spacial score (nSPS) is 11.2. The lowest BCUT2D eigenvalue weighted by molar-refractivity contribution is 0.248. The van der Waals surface area contributed by atoms with Crippen LogP contribution in [0.4, 0.5) is 0 Å². The van der Waals surface area contributed by atoms with Crippen molar-refractivity contribution in [3.8, 4) is 0 Å². The molecule has 0 saturated heterocycles. The summed E-state index contributed by atoms with van der Waals surface area (Å²) >= 11 is 0. The molecule has 114 valence electrons. The number of rotatable bonds is 9. The van der Waals surface area contributed by atoms with Gasteiger partial charge in [-0.1, -0.05) is 38.1 Å². The summed E-state index contributed by atoms with van der Waals surface area (Å²) in [5.41, 5.74) is 2.72. The van der Waals surface area contributed by atoms with Gasteiger partial charge in [-0.05, 0) is 42.8 Å². The van der Waals surface area contributed by atoms with Gasteiger partial charge < -0.3 is 9.73 Å². The smallest absolute Gasteiger partial charge is 0.117 e. The van der Waals surface area contributed by atoms with Gasteiger partial charge in [0.25, 0.3) is 0 Å². The van der Waals surface area contributed by atoms with Gasteiger partial charge in [0.05, 0.1) is 12.8 Å². The molecule has 0 saturated carbocycles. The van der Waals surface area contributed by atoms with E-state index < -0.39 is 0 Å². The predicted octanol–water partition coefficient (Wildman–Crippen LogP) is 3.80. The van der Waals surface area contributed by atoms with Gasteiger partial charge in [0.1, 0.15) is 5.76 Å². The fraction of sp³-hybridized carbons (Fsp3) is 0.444. The Morgan fingerprint density at radius 3 is 2.62 bits per heavy atom. The standard InChI is InChI=1S/C18H26N2O/c1-3-10-19-13-16-7-5-8-17(12-16)14-20(4-2)15-18-9-6-11-21-18/h5-9,11-12,19H,3-4,10,13-15H2,1-2H3. The SMILES string of the molecule is CCCNCc1cccc(CN(CC)Cc2ccco2)c1. The lowest BCUT2D eigenvalue weighted by Gasteiger charge is -2.19. The highest BCUT2D eigenvalue weighted by Crippen LogP contribution is 2.12. The first-order chi connectivity index (χ1) is 10.3. The highest BCUT2D eigenvalue weighted by molar-refractivity contribution is 5.23. The van der Waals surface area contributed by atoms with Gasteiger partial charge in [0.15, 0.2) is 0 Å². The number of benzene rings is 1. The Morgan fingerprint density at radius 2 is 1.90 bits per heavy atom. The van der Waals surface area contributed by atoms with Gasteiger partial charge >= 0.3 is 0 Å². The van der Waals surface area contributed by atoms with Gasteiger partial charge in [-0.15, -0.1) is 0 Å². The second kappa shape index (κ2) is 8.65. The van der Waals surface area contributed by atoms with Crippen LogP contribution in [0, 0.1) is 0 Å². The summed E-state index contributed by atoms with van der Waals surface area (Å²) in [6.07, 6.45) is 2.91. The molecule has 0 fully saturated rings. The van der Waals surface area contributed by atoms with E-state index >= 15 is 0 Å². The number of nitrogens with zero attached hydrogens (tertiary/aromatic N) is 1. The average Bonchev–Trinajstić information content (AvgIpc) is 3.00. The maximum Gasteiger partial charge on any atom is 0.117 e. The third-order valence-corrected chi connectivity index (χ3v) is 3.56. The van der Waals surface area contributed by atoms with E-state index in [4.69, 9.17) is 4.42 Å². The summed E-state index contributed by atoms with van der Waals surface area (Å²) in [4.78, 5) is 2.39. The first-order valence-electron chi connectivity index (χ1n) is 7.85. The van der Waals surface area contributed by atoms with Crippen molar-refractivity contribution in [2.75, 3.05) is 13.1 Å². The summed E-state index contributed by atoms with van der Waals surface area (Å²) in [7, 11) is 0. The molecule has 0 atom stereocenters. The zero-order valence-electron chi connectivity index (χ0n) is 13.1. The number of furan rings is 1. The maximum absolute atomic E-state index is 5.44. The van der Waals surface area contributed by atoms with Gasteiger partial charge in [-0.25, -0.2) is 0 Å². The fourth-order valence-corrected chi connectivity index (χ4v) is 2.41. The van der Waals surface area contributed by atoms with Crippen LogP contribution < -0.4 is 5.32 Å². The minimum absolute atomic E-state index is 0.863. The summed E-state index contributed by atoms with van der Waals surface area (Å²) in [5.74, 6) is 1.03. The molecule has 0 aliphatic carbocycles. The van der Waals surface area contributed by atoms with Crippen molar-refractivity contribution in [1.82, 2.24) is 10.2 Å². The molecule has 1 aromatic carbocycles. The van der Waals surface area contributed by atoms with Crippen LogP contribution in [0.5, 0.6) is 0 Å². The molecule has 0 radical (unpaired) electrons. The van der Waals surface area contributed by atoms with Gasteiger partial charge in [0.2, 0.25) is 0 Å². The number of hydrogen-bond donors (Lipinski definition) is 1. The van der Waals surface area contributed by atoms with E-state index in [2.05, 4.69) is 48.3 Å². The van der Waals surface area contributed by atoms with Gasteiger partial charge in [0, 0.05) is 13.1 Å². The molecular weight excluding hydrogens is 260 g/mol. The fourth-order valence-electron chi connectivity index (χ4n) is 2.41.